The molecule has 1 aliphatic carbocycles. The minimum Gasteiger partial charge on any atom is -0.365 e. The quantitative estimate of drug-likeness (QED) is 0.502. The third kappa shape index (κ3) is 1.42. The van der Waals surface area contributed by atoms with Crippen molar-refractivity contribution in [2.45, 2.75) is 57.2 Å². The molecule has 0 N–H and O–H groups in total. The van der Waals surface area contributed by atoms with Crippen LogP contribution in [0.4, 0.5) is 0 Å². The first-order chi connectivity index (χ1) is 5.62. The molecule has 0 bridgehead atoms. The summed E-state index contributed by atoms with van der Waals surface area (Å²) in [5, 5.41) is 0. The number of allylic oxidation sites excluding steroid dienone is 1. The molecule has 1 nitrogen and oxygen atoms in total. The molecule has 0 radical (unpaired) electrons. The summed E-state index contributed by atoms with van der Waals surface area (Å²) in [4.78, 5) is 0. The maximum absolute atomic E-state index is 6.09. The Morgan fingerprint density at radius 1 is 1.17 bits per heavy atom. The van der Waals surface area contributed by atoms with Crippen molar-refractivity contribution in [3.8, 4) is 0 Å². The summed E-state index contributed by atoms with van der Waals surface area (Å²) < 4.78 is 6.09. The lowest BCUT2D eigenvalue weighted by Crippen LogP contribution is -2.31. The van der Waals surface area contributed by atoms with Gasteiger partial charge in [-0.1, -0.05) is 12.2 Å². The minimum atomic E-state index is 0.113. The van der Waals surface area contributed by atoms with Gasteiger partial charge in [0.2, 0.25) is 0 Å². The van der Waals surface area contributed by atoms with E-state index in [2.05, 4.69) is 26.0 Å². The summed E-state index contributed by atoms with van der Waals surface area (Å²) >= 11 is 0. The van der Waals surface area contributed by atoms with E-state index in [9.17, 15) is 0 Å². The van der Waals surface area contributed by atoms with Gasteiger partial charge in [0.25, 0.3) is 0 Å². The fourth-order valence-corrected chi connectivity index (χ4v) is 2.36. The SMILES string of the molecule is CC1(C)CCC2(C=CCCC2)O1. The average Bonchev–Trinajstić information content (AvgIpc) is 2.29. The van der Waals surface area contributed by atoms with E-state index < -0.39 is 0 Å². The van der Waals surface area contributed by atoms with E-state index >= 15 is 0 Å². The van der Waals surface area contributed by atoms with Gasteiger partial charge < -0.3 is 4.74 Å². The van der Waals surface area contributed by atoms with Gasteiger partial charge in [-0.2, -0.15) is 0 Å². The standard InChI is InChI=1S/C11H18O/c1-10(2)8-9-11(12-10)6-4-3-5-7-11/h4,6H,3,5,7-9H2,1-2H3. The molecule has 1 unspecified atom stereocenters. The Morgan fingerprint density at radius 2 is 2.00 bits per heavy atom. The Balaban J connectivity index is 2.13. The van der Waals surface area contributed by atoms with E-state index in [0.29, 0.717) is 0 Å². The molecule has 1 fully saturated rings. The highest BCUT2D eigenvalue weighted by Gasteiger charge is 2.42. The third-order valence-corrected chi connectivity index (χ3v) is 3.02. The fraction of sp³-hybridized carbons (Fsp3) is 0.818. The predicted octanol–water partition coefficient (Wildman–Crippen LogP) is 3.05. The Hall–Kier alpha value is -0.300. The van der Waals surface area contributed by atoms with Gasteiger partial charge >= 0.3 is 0 Å². The maximum Gasteiger partial charge on any atom is 0.0870 e. The average molecular weight is 166 g/mol. The van der Waals surface area contributed by atoms with Crippen molar-refractivity contribution in [3.63, 3.8) is 0 Å². The summed E-state index contributed by atoms with van der Waals surface area (Å²) in [6.07, 6.45) is 10.8. The molecule has 0 amide bonds. The van der Waals surface area contributed by atoms with Gasteiger partial charge in [-0.3, -0.25) is 0 Å². The van der Waals surface area contributed by atoms with Gasteiger partial charge in [-0.15, -0.1) is 0 Å². The lowest BCUT2D eigenvalue weighted by atomic mass is 9.88. The van der Waals surface area contributed by atoms with Crippen molar-refractivity contribution in [3.05, 3.63) is 12.2 Å². The molecule has 0 aromatic heterocycles. The molecular weight excluding hydrogens is 148 g/mol. The molecular formula is C11H18O. The Kier molecular flexibility index (Phi) is 1.80. The van der Waals surface area contributed by atoms with Crippen LogP contribution in [0.1, 0.15) is 46.0 Å². The van der Waals surface area contributed by atoms with Crippen LogP contribution in [0.5, 0.6) is 0 Å². The van der Waals surface area contributed by atoms with E-state index in [4.69, 9.17) is 4.74 Å². The second-order valence-corrected chi connectivity index (χ2v) is 4.72. The monoisotopic (exact) mass is 166 g/mol. The highest BCUT2D eigenvalue weighted by Crippen LogP contribution is 2.43. The van der Waals surface area contributed by atoms with Crippen molar-refractivity contribution in [1.82, 2.24) is 0 Å². The summed E-state index contributed by atoms with van der Waals surface area (Å²) in [7, 11) is 0. The summed E-state index contributed by atoms with van der Waals surface area (Å²) in [5.41, 5.74) is 0.240. The van der Waals surface area contributed by atoms with Crippen LogP contribution in [-0.4, -0.2) is 11.2 Å². The second kappa shape index (κ2) is 2.59. The molecule has 1 aliphatic heterocycles. The van der Waals surface area contributed by atoms with Gasteiger partial charge in [-0.05, 0) is 46.0 Å². The molecule has 2 aliphatic rings. The van der Waals surface area contributed by atoms with Crippen LogP contribution in [0.25, 0.3) is 0 Å². The molecule has 12 heavy (non-hydrogen) atoms. The Bertz CT molecular complexity index is 205. The van der Waals surface area contributed by atoms with Crippen molar-refractivity contribution >= 4 is 0 Å². The van der Waals surface area contributed by atoms with E-state index in [-0.39, 0.29) is 11.2 Å². The molecule has 1 heteroatoms. The van der Waals surface area contributed by atoms with Crippen LogP contribution in [0.15, 0.2) is 12.2 Å². The zero-order valence-corrected chi connectivity index (χ0v) is 8.10. The molecule has 1 spiro atoms. The smallest absolute Gasteiger partial charge is 0.0870 e. The number of ether oxygens (including phenoxy) is 1. The van der Waals surface area contributed by atoms with Crippen molar-refractivity contribution < 1.29 is 4.74 Å². The van der Waals surface area contributed by atoms with Crippen molar-refractivity contribution in [2.24, 2.45) is 0 Å². The predicted molar refractivity (Wildman–Crippen MR) is 50.1 cm³/mol. The lowest BCUT2D eigenvalue weighted by molar-refractivity contribution is -0.0646. The first-order valence-electron chi connectivity index (χ1n) is 5.00. The van der Waals surface area contributed by atoms with Gasteiger partial charge in [0.1, 0.15) is 0 Å². The Labute approximate surface area is 74.8 Å². The van der Waals surface area contributed by atoms with Gasteiger partial charge in [-0.25, -0.2) is 0 Å². The number of rotatable bonds is 0. The molecule has 68 valence electrons. The third-order valence-electron chi connectivity index (χ3n) is 3.02. The molecule has 2 rings (SSSR count). The molecule has 0 aromatic rings. The van der Waals surface area contributed by atoms with Crippen LogP contribution in [0, 0.1) is 0 Å². The van der Waals surface area contributed by atoms with Crippen molar-refractivity contribution in [1.29, 1.82) is 0 Å². The Morgan fingerprint density at radius 3 is 2.50 bits per heavy atom. The van der Waals surface area contributed by atoms with E-state index in [1.807, 2.05) is 0 Å². The van der Waals surface area contributed by atoms with E-state index in [0.717, 1.165) is 0 Å². The van der Waals surface area contributed by atoms with Crippen LogP contribution in [0.3, 0.4) is 0 Å². The summed E-state index contributed by atoms with van der Waals surface area (Å²) in [6, 6.07) is 0. The molecule has 1 heterocycles. The second-order valence-electron chi connectivity index (χ2n) is 4.72. The van der Waals surface area contributed by atoms with Crippen molar-refractivity contribution in [2.75, 3.05) is 0 Å². The lowest BCUT2D eigenvalue weighted by Gasteiger charge is -2.31. The molecule has 0 aromatic carbocycles. The highest BCUT2D eigenvalue weighted by atomic mass is 16.5. The van der Waals surface area contributed by atoms with E-state index in [1.54, 1.807) is 0 Å². The van der Waals surface area contributed by atoms with Gasteiger partial charge in [0.05, 0.1) is 11.2 Å². The zero-order valence-electron chi connectivity index (χ0n) is 8.10. The van der Waals surface area contributed by atoms with Crippen LogP contribution < -0.4 is 0 Å². The summed E-state index contributed by atoms with van der Waals surface area (Å²) in [6.45, 7) is 4.40. The molecule has 1 saturated heterocycles. The maximum atomic E-state index is 6.09. The first kappa shape index (κ1) is 8.31. The summed E-state index contributed by atoms with van der Waals surface area (Å²) in [5.74, 6) is 0. The molecule has 0 saturated carbocycles. The number of hydrogen-bond donors (Lipinski definition) is 0. The largest absolute Gasteiger partial charge is 0.365 e. The fourth-order valence-electron chi connectivity index (χ4n) is 2.36. The normalized spacial score (nSPS) is 39.2. The topological polar surface area (TPSA) is 9.23 Å². The molecule has 1 atom stereocenters. The van der Waals surface area contributed by atoms with Crippen LogP contribution in [-0.2, 0) is 4.74 Å². The van der Waals surface area contributed by atoms with Crippen LogP contribution >= 0.6 is 0 Å². The van der Waals surface area contributed by atoms with Gasteiger partial charge in [0, 0.05) is 0 Å². The van der Waals surface area contributed by atoms with Gasteiger partial charge in [0.15, 0.2) is 0 Å². The van der Waals surface area contributed by atoms with Crippen LogP contribution in [0.2, 0.25) is 0 Å². The zero-order chi connectivity index (χ0) is 8.66. The highest BCUT2D eigenvalue weighted by molar-refractivity contribution is 5.10. The minimum absolute atomic E-state index is 0.113. The first-order valence-corrected chi connectivity index (χ1v) is 5.00. The van der Waals surface area contributed by atoms with E-state index in [1.165, 1.54) is 32.1 Å². The number of hydrogen-bond acceptors (Lipinski definition) is 1.